The van der Waals surface area contributed by atoms with E-state index in [0.29, 0.717) is 36.9 Å². The molecule has 0 amide bonds. The summed E-state index contributed by atoms with van der Waals surface area (Å²) in [6.45, 7) is 5.99. The lowest BCUT2D eigenvalue weighted by atomic mass is 10.0. The SMILES string of the molecule is CC.CC(=O)CCCC=O.COC1C(=O)OCc2c1cc1n(c2=O)Cc2cc3ccccc3nc2-1. The second-order valence-electron chi connectivity index (χ2n) is 8.03. The van der Waals surface area contributed by atoms with Crippen LogP contribution in [0, 0.1) is 0 Å². The number of aldehydes is 1. The van der Waals surface area contributed by atoms with Gasteiger partial charge in [-0.3, -0.25) is 4.79 Å². The number of para-hydroxylation sites is 1. The summed E-state index contributed by atoms with van der Waals surface area (Å²) in [5.74, 6) is -0.309. The maximum atomic E-state index is 12.9. The Hall–Kier alpha value is -3.65. The number of ether oxygens (including phenoxy) is 2. The van der Waals surface area contributed by atoms with Crippen molar-refractivity contribution in [3.63, 3.8) is 0 Å². The van der Waals surface area contributed by atoms with Gasteiger partial charge >= 0.3 is 5.97 Å². The zero-order valence-corrected chi connectivity index (χ0v) is 20.5. The van der Waals surface area contributed by atoms with Crippen molar-refractivity contribution in [1.29, 1.82) is 0 Å². The molecule has 0 aliphatic carbocycles. The maximum absolute atomic E-state index is 12.9. The Kier molecular flexibility index (Phi) is 8.65. The molecule has 0 N–H and O–H groups in total. The highest BCUT2D eigenvalue weighted by molar-refractivity contribution is 5.85. The molecule has 2 aliphatic rings. The van der Waals surface area contributed by atoms with Crippen LogP contribution in [0.3, 0.4) is 0 Å². The zero-order valence-electron chi connectivity index (χ0n) is 20.5. The van der Waals surface area contributed by atoms with Crippen molar-refractivity contribution >= 4 is 28.9 Å². The van der Waals surface area contributed by atoms with Crippen LogP contribution >= 0.6 is 0 Å². The predicted molar refractivity (Wildman–Crippen MR) is 132 cm³/mol. The van der Waals surface area contributed by atoms with Crippen LogP contribution < -0.4 is 5.56 Å². The first kappa shape index (κ1) is 26.0. The molecule has 35 heavy (non-hydrogen) atoms. The number of hydrogen-bond acceptors (Lipinski definition) is 7. The number of fused-ring (bicyclic) bond motifs is 5. The molecule has 0 saturated heterocycles. The fourth-order valence-electron chi connectivity index (χ4n) is 4.12. The van der Waals surface area contributed by atoms with E-state index in [1.165, 1.54) is 14.0 Å². The van der Waals surface area contributed by atoms with Crippen LogP contribution in [-0.2, 0) is 37.0 Å². The van der Waals surface area contributed by atoms with Gasteiger partial charge in [0.25, 0.3) is 5.56 Å². The maximum Gasteiger partial charge on any atom is 0.340 e. The van der Waals surface area contributed by atoms with E-state index in [-0.39, 0.29) is 17.9 Å². The van der Waals surface area contributed by atoms with Gasteiger partial charge in [0.2, 0.25) is 0 Å². The Morgan fingerprint density at radius 3 is 2.66 bits per heavy atom. The Labute approximate surface area is 203 Å². The van der Waals surface area contributed by atoms with Crippen molar-refractivity contribution in [2.75, 3.05) is 7.11 Å². The number of esters is 1. The predicted octanol–water partition coefficient (Wildman–Crippen LogP) is 4.14. The first-order valence-corrected chi connectivity index (χ1v) is 11.7. The first-order chi connectivity index (χ1) is 16.9. The second-order valence-corrected chi connectivity index (χ2v) is 8.03. The van der Waals surface area contributed by atoms with E-state index in [9.17, 15) is 19.2 Å². The van der Waals surface area contributed by atoms with Crippen LogP contribution in [0.1, 0.15) is 62.8 Å². The lowest BCUT2D eigenvalue weighted by molar-refractivity contribution is -0.159. The molecule has 184 valence electrons. The molecule has 0 spiro atoms. The van der Waals surface area contributed by atoms with E-state index in [0.717, 1.165) is 34.1 Å². The van der Waals surface area contributed by atoms with Gasteiger partial charge in [-0.25, -0.2) is 9.78 Å². The normalized spacial score (nSPS) is 14.9. The lowest BCUT2D eigenvalue weighted by Gasteiger charge is -2.24. The number of carbonyl (C=O) groups is 3. The third-order valence-electron chi connectivity index (χ3n) is 5.75. The van der Waals surface area contributed by atoms with Gasteiger partial charge in [-0.15, -0.1) is 0 Å². The van der Waals surface area contributed by atoms with Crippen LogP contribution in [0.5, 0.6) is 0 Å². The van der Waals surface area contributed by atoms with Crippen LogP contribution in [0.2, 0.25) is 0 Å². The molecular formula is C27H30N2O6. The van der Waals surface area contributed by atoms with E-state index in [1.54, 1.807) is 4.57 Å². The molecule has 3 aromatic rings. The van der Waals surface area contributed by atoms with Gasteiger partial charge in [0.05, 0.1) is 29.0 Å². The second kappa shape index (κ2) is 11.7. The lowest BCUT2D eigenvalue weighted by Crippen LogP contribution is -2.33. The standard InChI is InChI=1S/C19H14N2O4.C6H10O2.C2H6/c1-24-17-12-7-15-16-11(6-10-4-2-3-5-14(10)20-16)8-21(15)18(22)13(12)9-25-19(17)23;1-6(8)4-2-3-5-7;1-2/h2-7,17H,8-9H2,1H3;5H,2-4H2,1H3;1-2H3. The highest BCUT2D eigenvalue weighted by atomic mass is 16.6. The Bertz CT molecular complexity index is 1310. The molecule has 0 bridgehead atoms. The molecule has 1 unspecified atom stereocenters. The number of rotatable bonds is 5. The van der Waals surface area contributed by atoms with E-state index in [4.69, 9.17) is 14.5 Å². The summed E-state index contributed by atoms with van der Waals surface area (Å²) in [5, 5.41) is 1.04. The van der Waals surface area contributed by atoms with Gasteiger partial charge < -0.3 is 23.6 Å². The molecule has 8 nitrogen and oxygen atoms in total. The Morgan fingerprint density at radius 1 is 1.23 bits per heavy atom. The summed E-state index contributed by atoms with van der Waals surface area (Å²) in [6.07, 6.45) is 1.73. The number of pyridine rings is 2. The molecule has 4 heterocycles. The summed E-state index contributed by atoms with van der Waals surface area (Å²) in [6, 6.07) is 11.8. The number of carbonyl (C=O) groups excluding carboxylic acids is 3. The molecule has 0 saturated carbocycles. The van der Waals surface area contributed by atoms with Crippen LogP contribution in [-0.4, -0.2) is 34.7 Å². The third-order valence-corrected chi connectivity index (χ3v) is 5.75. The first-order valence-electron chi connectivity index (χ1n) is 11.7. The van der Waals surface area contributed by atoms with Crippen LogP contribution in [0.25, 0.3) is 22.3 Å². The summed E-state index contributed by atoms with van der Waals surface area (Å²) in [7, 11) is 1.44. The number of nitrogens with zero attached hydrogens (tertiary/aromatic N) is 2. The average molecular weight is 479 g/mol. The minimum atomic E-state index is -0.869. The van der Waals surface area contributed by atoms with Crippen molar-refractivity contribution in [1.82, 2.24) is 9.55 Å². The van der Waals surface area contributed by atoms with Gasteiger partial charge in [-0.1, -0.05) is 32.0 Å². The smallest absolute Gasteiger partial charge is 0.340 e. The highest BCUT2D eigenvalue weighted by Gasteiger charge is 2.34. The monoisotopic (exact) mass is 478 g/mol. The summed E-state index contributed by atoms with van der Waals surface area (Å²) < 4.78 is 12.1. The van der Waals surface area contributed by atoms with E-state index < -0.39 is 12.1 Å². The molecule has 0 fully saturated rings. The van der Waals surface area contributed by atoms with Crippen molar-refractivity contribution in [3.8, 4) is 11.4 Å². The molecule has 2 aromatic heterocycles. The molecule has 1 aromatic carbocycles. The Balaban J connectivity index is 0.000000295. The molecule has 8 heteroatoms. The molecule has 5 rings (SSSR count). The summed E-state index contributed by atoms with van der Waals surface area (Å²) >= 11 is 0. The minimum Gasteiger partial charge on any atom is -0.458 e. The van der Waals surface area contributed by atoms with Gasteiger partial charge in [0.15, 0.2) is 6.10 Å². The largest absolute Gasteiger partial charge is 0.458 e. The zero-order chi connectivity index (χ0) is 25.5. The highest BCUT2D eigenvalue weighted by Crippen LogP contribution is 2.35. The summed E-state index contributed by atoms with van der Waals surface area (Å²) in [5.41, 5.74) is 4.30. The average Bonchev–Trinajstić information content (AvgIpc) is 3.22. The number of benzene rings is 1. The fraction of sp³-hybridized carbons (Fsp3) is 0.370. The third kappa shape index (κ3) is 5.38. The van der Waals surface area contributed by atoms with Crippen molar-refractivity contribution < 1.29 is 23.9 Å². The van der Waals surface area contributed by atoms with Crippen LogP contribution in [0.4, 0.5) is 0 Å². The number of aromatic nitrogens is 2. The van der Waals surface area contributed by atoms with Gasteiger partial charge in [0.1, 0.15) is 18.7 Å². The van der Waals surface area contributed by atoms with E-state index >= 15 is 0 Å². The number of ketones is 1. The van der Waals surface area contributed by atoms with E-state index in [2.05, 4.69) is 6.07 Å². The molecule has 0 radical (unpaired) electrons. The fourth-order valence-corrected chi connectivity index (χ4v) is 4.12. The minimum absolute atomic E-state index is 0.0150. The van der Waals surface area contributed by atoms with E-state index in [1.807, 2.05) is 44.2 Å². The topological polar surface area (TPSA) is 105 Å². The number of cyclic esters (lactones) is 1. The van der Waals surface area contributed by atoms with Crippen molar-refractivity contribution in [3.05, 3.63) is 63.4 Å². The number of unbranched alkanes of at least 4 members (excludes halogenated alkanes) is 1. The quantitative estimate of drug-likeness (QED) is 0.241. The van der Waals surface area contributed by atoms with Gasteiger partial charge in [0, 0.05) is 36.5 Å². The van der Waals surface area contributed by atoms with Crippen LogP contribution in [0.15, 0.2) is 41.2 Å². The molecule has 1 atom stereocenters. The summed E-state index contributed by atoms with van der Waals surface area (Å²) in [4.78, 5) is 49.5. The van der Waals surface area contributed by atoms with Crippen molar-refractivity contribution in [2.45, 2.75) is 59.3 Å². The van der Waals surface area contributed by atoms with Crippen molar-refractivity contribution in [2.24, 2.45) is 0 Å². The number of Topliss-reactive ketones (excluding diaryl/α,β-unsaturated/α-hetero) is 1. The number of methoxy groups -OCH3 is 1. The number of hydrogen-bond donors (Lipinski definition) is 0. The molecular weight excluding hydrogens is 448 g/mol. The Morgan fingerprint density at radius 2 is 1.97 bits per heavy atom. The van der Waals surface area contributed by atoms with Gasteiger partial charge in [-0.05, 0) is 31.5 Å². The molecule has 2 aliphatic heterocycles. The van der Waals surface area contributed by atoms with Gasteiger partial charge in [-0.2, -0.15) is 0 Å².